The van der Waals surface area contributed by atoms with Crippen LogP contribution < -0.4 is 10.0 Å². The minimum atomic E-state index is -3.89. The predicted octanol–water partition coefficient (Wildman–Crippen LogP) is 3.95. The number of carbonyl (C=O) groups excluding carboxylic acids is 1. The molecule has 2 N–H and O–H groups in total. The zero-order valence-corrected chi connectivity index (χ0v) is 15.9. The maximum absolute atomic E-state index is 14.1. The van der Waals surface area contributed by atoms with Gasteiger partial charge in [0.1, 0.15) is 11.6 Å². The highest BCUT2D eigenvalue weighted by atomic mass is 35.5. The molecule has 9 heteroatoms. The van der Waals surface area contributed by atoms with E-state index in [2.05, 4.69) is 10.0 Å². The van der Waals surface area contributed by atoms with Crippen molar-refractivity contribution in [3.05, 3.63) is 58.6 Å². The van der Waals surface area contributed by atoms with Crippen molar-refractivity contribution in [1.29, 1.82) is 0 Å². The van der Waals surface area contributed by atoms with Crippen LogP contribution in [0.1, 0.15) is 30.1 Å². The van der Waals surface area contributed by atoms with Gasteiger partial charge in [-0.2, -0.15) is 0 Å². The van der Waals surface area contributed by atoms with E-state index in [0.29, 0.717) is 5.92 Å². The summed E-state index contributed by atoms with van der Waals surface area (Å²) in [5.74, 6) is -2.12. The van der Waals surface area contributed by atoms with Crippen molar-refractivity contribution in [3.63, 3.8) is 0 Å². The molecule has 0 bridgehead atoms. The number of hydrogen-bond acceptors (Lipinski definition) is 3. The second-order valence-corrected chi connectivity index (χ2v) is 8.59. The first-order chi connectivity index (χ1) is 12.7. The van der Waals surface area contributed by atoms with Gasteiger partial charge < -0.3 is 5.32 Å². The number of nitrogens with one attached hydrogen (secondary N) is 2. The fraction of sp³-hybridized carbons (Fsp3) is 0.278. The van der Waals surface area contributed by atoms with Gasteiger partial charge in [0.05, 0.1) is 15.5 Å². The van der Waals surface area contributed by atoms with Crippen molar-refractivity contribution < 1.29 is 22.0 Å². The second kappa shape index (κ2) is 7.53. The summed E-state index contributed by atoms with van der Waals surface area (Å²) in [5.41, 5.74) is -0.295. The van der Waals surface area contributed by atoms with Crippen molar-refractivity contribution in [2.75, 3.05) is 5.32 Å². The normalized spacial score (nSPS) is 15.4. The van der Waals surface area contributed by atoms with Crippen LogP contribution in [-0.2, 0) is 10.0 Å². The number of amides is 1. The van der Waals surface area contributed by atoms with Crippen molar-refractivity contribution in [2.24, 2.45) is 5.92 Å². The maximum atomic E-state index is 14.1. The van der Waals surface area contributed by atoms with Crippen LogP contribution in [0.2, 0.25) is 5.02 Å². The molecule has 2 aromatic carbocycles. The second-order valence-electron chi connectivity index (χ2n) is 6.47. The van der Waals surface area contributed by atoms with Gasteiger partial charge in [-0.1, -0.05) is 11.6 Å². The van der Waals surface area contributed by atoms with Gasteiger partial charge in [-0.25, -0.2) is 21.9 Å². The summed E-state index contributed by atoms with van der Waals surface area (Å²) in [6.07, 6.45) is 1.92. The summed E-state index contributed by atoms with van der Waals surface area (Å²) >= 11 is 5.65. The molecule has 0 saturated heterocycles. The van der Waals surface area contributed by atoms with Crippen molar-refractivity contribution in [1.82, 2.24) is 4.72 Å². The van der Waals surface area contributed by atoms with Crippen LogP contribution in [0.5, 0.6) is 0 Å². The largest absolute Gasteiger partial charge is 0.322 e. The zero-order chi connectivity index (χ0) is 19.8. The van der Waals surface area contributed by atoms with E-state index in [9.17, 15) is 22.0 Å². The van der Waals surface area contributed by atoms with E-state index in [0.717, 1.165) is 37.1 Å². The zero-order valence-electron chi connectivity index (χ0n) is 14.3. The number of rotatable bonds is 6. The van der Waals surface area contributed by atoms with Crippen molar-refractivity contribution in [3.8, 4) is 0 Å². The third kappa shape index (κ3) is 4.63. The summed E-state index contributed by atoms with van der Waals surface area (Å²) in [4.78, 5) is 12.1. The third-order valence-electron chi connectivity index (χ3n) is 4.34. The Morgan fingerprint density at radius 1 is 1.15 bits per heavy atom. The molecule has 0 spiro atoms. The van der Waals surface area contributed by atoms with Gasteiger partial charge in [0.15, 0.2) is 0 Å². The van der Waals surface area contributed by atoms with Crippen LogP contribution in [0.3, 0.4) is 0 Å². The van der Waals surface area contributed by atoms with Gasteiger partial charge >= 0.3 is 0 Å². The topological polar surface area (TPSA) is 75.3 Å². The highest BCUT2D eigenvalue weighted by Crippen LogP contribution is 2.33. The fourth-order valence-electron chi connectivity index (χ4n) is 2.62. The molecule has 3 rings (SSSR count). The lowest BCUT2D eigenvalue weighted by Crippen LogP contribution is -2.34. The fourth-order valence-corrected chi connectivity index (χ4v) is 4.14. The molecule has 0 aromatic heterocycles. The summed E-state index contributed by atoms with van der Waals surface area (Å²) in [6, 6.07) is 6.24. The van der Waals surface area contributed by atoms with E-state index < -0.39 is 33.1 Å². The van der Waals surface area contributed by atoms with Crippen molar-refractivity contribution >= 4 is 33.2 Å². The Hall–Kier alpha value is -2.03. The Bertz CT molecular complexity index is 994. The van der Waals surface area contributed by atoms with Crippen LogP contribution in [-0.4, -0.2) is 20.4 Å². The molecule has 0 aliphatic heterocycles. The number of anilines is 1. The Kier molecular flexibility index (Phi) is 5.50. The van der Waals surface area contributed by atoms with Gasteiger partial charge in [0.2, 0.25) is 10.0 Å². The summed E-state index contributed by atoms with van der Waals surface area (Å²) in [5, 5.41) is 2.16. The highest BCUT2D eigenvalue weighted by Gasteiger charge is 2.31. The molecule has 0 unspecified atom stereocenters. The van der Waals surface area contributed by atoms with Gasteiger partial charge in [-0.05, 0) is 62.1 Å². The molecule has 27 heavy (non-hydrogen) atoms. The lowest BCUT2D eigenvalue weighted by atomic mass is 10.2. The molecule has 1 amide bonds. The number of halogens is 3. The predicted molar refractivity (Wildman–Crippen MR) is 98.3 cm³/mol. The number of sulfonamides is 1. The van der Waals surface area contributed by atoms with E-state index in [4.69, 9.17) is 11.6 Å². The van der Waals surface area contributed by atoms with Crippen LogP contribution in [0, 0.1) is 17.6 Å². The highest BCUT2D eigenvalue weighted by molar-refractivity contribution is 7.89. The van der Waals surface area contributed by atoms with Crippen LogP contribution in [0.25, 0.3) is 0 Å². The Balaban J connectivity index is 1.83. The number of carbonyl (C=O) groups is 1. The third-order valence-corrected chi connectivity index (χ3v) is 6.19. The molecule has 144 valence electrons. The molecule has 0 heterocycles. The first-order valence-corrected chi connectivity index (χ1v) is 10.1. The average Bonchev–Trinajstić information content (AvgIpc) is 3.43. The van der Waals surface area contributed by atoms with E-state index in [-0.39, 0.29) is 21.6 Å². The smallest absolute Gasteiger partial charge is 0.258 e. The van der Waals surface area contributed by atoms with Crippen LogP contribution in [0.4, 0.5) is 14.5 Å². The minimum Gasteiger partial charge on any atom is -0.322 e. The van der Waals surface area contributed by atoms with Crippen LogP contribution >= 0.6 is 11.6 Å². The molecular weight excluding hydrogens is 398 g/mol. The molecular formula is C18H17ClF2N2O3S. The summed E-state index contributed by atoms with van der Waals surface area (Å²) in [7, 11) is -3.89. The van der Waals surface area contributed by atoms with Crippen LogP contribution in [0.15, 0.2) is 41.3 Å². The molecule has 1 fully saturated rings. The average molecular weight is 415 g/mol. The van der Waals surface area contributed by atoms with Gasteiger partial charge in [-0.3, -0.25) is 4.79 Å². The van der Waals surface area contributed by atoms with Gasteiger partial charge in [-0.15, -0.1) is 0 Å². The molecule has 1 atom stereocenters. The molecule has 2 aromatic rings. The van der Waals surface area contributed by atoms with E-state index in [1.165, 1.54) is 12.1 Å². The summed E-state index contributed by atoms with van der Waals surface area (Å²) < 4.78 is 54.8. The quantitative estimate of drug-likeness (QED) is 0.751. The Morgan fingerprint density at radius 2 is 1.81 bits per heavy atom. The van der Waals surface area contributed by atoms with E-state index in [1.54, 1.807) is 6.92 Å². The van der Waals surface area contributed by atoms with E-state index in [1.807, 2.05) is 0 Å². The molecule has 1 saturated carbocycles. The minimum absolute atomic E-state index is 0.152. The van der Waals surface area contributed by atoms with Gasteiger partial charge in [0.25, 0.3) is 5.91 Å². The van der Waals surface area contributed by atoms with Crippen molar-refractivity contribution in [2.45, 2.75) is 30.7 Å². The monoisotopic (exact) mass is 414 g/mol. The lowest BCUT2D eigenvalue weighted by molar-refractivity contribution is 0.102. The molecule has 1 aliphatic rings. The molecule has 1 aliphatic carbocycles. The first-order valence-electron chi connectivity index (χ1n) is 8.25. The maximum Gasteiger partial charge on any atom is 0.258 e. The molecule has 0 radical (unpaired) electrons. The Labute approximate surface area is 160 Å². The SMILES string of the molecule is C[C@@H](NS(=O)(=O)c1ccc(F)c(C(=O)Nc2ccc(F)c(Cl)c2)c1)C1CC1. The first kappa shape index (κ1) is 19.7. The standard InChI is InChI=1S/C18H17ClF2N2O3S/c1-10(11-2-3-11)23-27(25,26)13-5-7-16(20)14(9-13)18(24)22-12-4-6-17(21)15(19)8-12/h4-11,23H,2-3H2,1H3,(H,22,24)/t10-/m1/s1. The number of hydrogen-bond donors (Lipinski definition) is 2. The Morgan fingerprint density at radius 3 is 2.44 bits per heavy atom. The van der Waals surface area contributed by atoms with Gasteiger partial charge in [0, 0.05) is 11.7 Å². The van der Waals surface area contributed by atoms with E-state index >= 15 is 0 Å². The summed E-state index contributed by atoms with van der Waals surface area (Å²) in [6.45, 7) is 1.77. The molecule has 5 nitrogen and oxygen atoms in total. The number of benzene rings is 2. The lowest BCUT2D eigenvalue weighted by Gasteiger charge is -2.14.